The Kier molecular flexibility index (Phi) is 5.22. The minimum atomic E-state index is -0.234. The van der Waals surface area contributed by atoms with Crippen LogP contribution in [-0.2, 0) is 9.53 Å². The normalized spacial score (nSPS) is 18.4. The summed E-state index contributed by atoms with van der Waals surface area (Å²) in [5, 5.41) is 0. The number of carbonyl (C=O) groups excluding carboxylic acids is 2. The molecule has 0 radical (unpaired) electrons. The van der Waals surface area contributed by atoms with Crippen LogP contribution in [0.3, 0.4) is 0 Å². The maximum Gasteiger partial charge on any atom is 0.310 e. The van der Waals surface area contributed by atoms with E-state index < -0.39 is 0 Å². The van der Waals surface area contributed by atoms with Crippen molar-refractivity contribution in [2.24, 2.45) is 5.92 Å². The third kappa shape index (κ3) is 3.56. The van der Waals surface area contributed by atoms with E-state index in [9.17, 15) is 9.59 Å². The predicted octanol–water partition coefficient (Wildman–Crippen LogP) is 2.45. The van der Waals surface area contributed by atoms with Gasteiger partial charge in [0.25, 0.3) is 5.91 Å². The van der Waals surface area contributed by atoms with Gasteiger partial charge in [0.1, 0.15) is 0 Å². The van der Waals surface area contributed by atoms with Gasteiger partial charge in [0.2, 0.25) is 0 Å². The zero-order valence-electron chi connectivity index (χ0n) is 12.0. The van der Waals surface area contributed by atoms with Crippen molar-refractivity contribution >= 4 is 33.5 Å². The molecule has 0 spiro atoms. The average Bonchev–Trinajstić information content (AvgIpc) is 2.50. The molecular formula is C15H19BrN2O3. The van der Waals surface area contributed by atoms with Crippen LogP contribution in [0.1, 0.15) is 30.1 Å². The molecule has 21 heavy (non-hydrogen) atoms. The summed E-state index contributed by atoms with van der Waals surface area (Å²) in [6, 6.07) is 5.22. The number of ether oxygens (including phenoxy) is 1. The number of nitrogen functional groups attached to an aromatic ring is 1. The molecule has 2 N–H and O–H groups in total. The SMILES string of the molecule is CCOC(=O)C1CCCN(C(=O)c2cccc(N)c2Br)C1. The molecule has 0 aliphatic carbocycles. The fourth-order valence-electron chi connectivity index (χ4n) is 2.50. The minimum absolute atomic E-state index is 0.108. The highest BCUT2D eigenvalue weighted by Crippen LogP contribution is 2.27. The molecule has 0 saturated carbocycles. The number of piperidine rings is 1. The number of halogens is 1. The highest BCUT2D eigenvalue weighted by molar-refractivity contribution is 9.10. The largest absolute Gasteiger partial charge is 0.466 e. The fraction of sp³-hybridized carbons (Fsp3) is 0.467. The van der Waals surface area contributed by atoms with Crippen molar-refractivity contribution in [3.8, 4) is 0 Å². The van der Waals surface area contributed by atoms with E-state index in [2.05, 4.69) is 15.9 Å². The van der Waals surface area contributed by atoms with Gasteiger partial charge in [-0.25, -0.2) is 0 Å². The van der Waals surface area contributed by atoms with E-state index in [1.807, 2.05) is 0 Å². The number of hydrogen-bond donors (Lipinski definition) is 1. The van der Waals surface area contributed by atoms with E-state index in [-0.39, 0.29) is 17.8 Å². The molecule has 1 heterocycles. The molecule has 1 atom stereocenters. The van der Waals surface area contributed by atoms with Crippen molar-refractivity contribution in [3.63, 3.8) is 0 Å². The van der Waals surface area contributed by atoms with Crippen molar-refractivity contribution in [3.05, 3.63) is 28.2 Å². The lowest BCUT2D eigenvalue weighted by Crippen LogP contribution is -2.43. The molecule has 1 unspecified atom stereocenters. The van der Waals surface area contributed by atoms with Gasteiger partial charge in [-0.3, -0.25) is 9.59 Å². The Morgan fingerprint density at radius 1 is 1.48 bits per heavy atom. The average molecular weight is 355 g/mol. The van der Waals surface area contributed by atoms with Crippen molar-refractivity contribution in [1.29, 1.82) is 0 Å². The van der Waals surface area contributed by atoms with Gasteiger partial charge < -0.3 is 15.4 Å². The Hall–Kier alpha value is -1.56. The number of hydrogen-bond acceptors (Lipinski definition) is 4. The molecule has 1 saturated heterocycles. The van der Waals surface area contributed by atoms with Crippen LogP contribution in [0.5, 0.6) is 0 Å². The van der Waals surface area contributed by atoms with Crippen molar-refractivity contribution in [1.82, 2.24) is 4.90 Å². The monoisotopic (exact) mass is 354 g/mol. The summed E-state index contributed by atoms with van der Waals surface area (Å²) in [5.74, 6) is -0.563. The summed E-state index contributed by atoms with van der Waals surface area (Å²) < 4.78 is 5.66. The van der Waals surface area contributed by atoms with Crippen molar-refractivity contribution in [2.75, 3.05) is 25.4 Å². The first-order valence-electron chi connectivity index (χ1n) is 7.04. The number of likely N-dealkylation sites (tertiary alicyclic amines) is 1. The Bertz CT molecular complexity index is 548. The highest BCUT2D eigenvalue weighted by Gasteiger charge is 2.30. The zero-order chi connectivity index (χ0) is 15.4. The maximum atomic E-state index is 12.6. The van der Waals surface area contributed by atoms with Crippen LogP contribution in [0.25, 0.3) is 0 Å². The van der Waals surface area contributed by atoms with Crippen LogP contribution in [0.15, 0.2) is 22.7 Å². The highest BCUT2D eigenvalue weighted by atomic mass is 79.9. The van der Waals surface area contributed by atoms with Gasteiger partial charge in [-0.15, -0.1) is 0 Å². The van der Waals surface area contributed by atoms with Gasteiger partial charge in [-0.2, -0.15) is 0 Å². The second kappa shape index (κ2) is 6.93. The third-order valence-corrected chi connectivity index (χ3v) is 4.47. The van der Waals surface area contributed by atoms with Crippen LogP contribution in [0.2, 0.25) is 0 Å². The molecule has 1 aromatic carbocycles. The van der Waals surface area contributed by atoms with Crippen LogP contribution < -0.4 is 5.73 Å². The van der Waals surface area contributed by atoms with E-state index in [0.29, 0.717) is 35.4 Å². The molecule has 1 aromatic rings. The standard InChI is InChI=1S/C15H19BrN2O3/c1-2-21-15(20)10-5-4-8-18(9-10)14(19)11-6-3-7-12(17)13(11)16/h3,6-7,10H,2,4-5,8-9,17H2,1H3. The van der Waals surface area contributed by atoms with Gasteiger partial charge >= 0.3 is 5.97 Å². The van der Waals surface area contributed by atoms with E-state index in [1.54, 1.807) is 30.0 Å². The fourth-order valence-corrected chi connectivity index (χ4v) is 2.93. The maximum absolute atomic E-state index is 12.6. The first-order chi connectivity index (χ1) is 10.0. The lowest BCUT2D eigenvalue weighted by atomic mass is 9.97. The van der Waals surface area contributed by atoms with E-state index in [4.69, 9.17) is 10.5 Å². The minimum Gasteiger partial charge on any atom is -0.466 e. The molecule has 114 valence electrons. The summed E-state index contributed by atoms with van der Waals surface area (Å²) >= 11 is 3.35. The van der Waals surface area contributed by atoms with Crippen LogP contribution in [0, 0.1) is 5.92 Å². The molecule has 1 amide bonds. The smallest absolute Gasteiger partial charge is 0.310 e. The summed E-state index contributed by atoms with van der Waals surface area (Å²) in [7, 11) is 0. The van der Waals surface area contributed by atoms with Crippen LogP contribution in [0.4, 0.5) is 5.69 Å². The van der Waals surface area contributed by atoms with Gasteiger partial charge in [0.05, 0.1) is 22.6 Å². The van der Waals surface area contributed by atoms with E-state index in [1.165, 1.54) is 0 Å². The molecule has 1 fully saturated rings. The number of anilines is 1. The second-order valence-corrected chi connectivity index (χ2v) is 5.84. The quantitative estimate of drug-likeness (QED) is 0.668. The second-order valence-electron chi connectivity index (χ2n) is 5.05. The van der Waals surface area contributed by atoms with Crippen LogP contribution in [-0.4, -0.2) is 36.5 Å². The van der Waals surface area contributed by atoms with Gasteiger partial charge in [-0.1, -0.05) is 6.07 Å². The topological polar surface area (TPSA) is 72.6 Å². The lowest BCUT2D eigenvalue weighted by molar-refractivity contribution is -0.149. The van der Waals surface area contributed by atoms with E-state index >= 15 is 0 Å². The predicted molar refractivity (Wildman–Crippen MR) is 83.8 cm³/mol. The third-order valence-electron chi connectivity index (χ3n) is 3.59. The van der Waals surface area contributed by atoms with Gasteiger partial charge in [0, 0.05) is 18.8 Å². The lowest BCUT2D eigenvalue weighted by Gasteiger charge is -2.31. The summed E-state index contributed by atoms with van der Waals surface area (Å²) in [6.45, 7) is 3.20. The van der Waals surface area contributed by atoms with Gasteiger partial charge in [0.15, 0.2) is 0 Å². The van der Waals surface area contributed by atoms with Crippen molar-refractivity contribution < 1.29 is 14.3 Å². The molecule has 6 heteroatoms. The zero-order valence-corrected chi connectivity index (χ0v) is 13.6. The number of benzene rings is 1. The first kappa shape index (κ1) is 15.8. The molecule has 1 aliphatic rings. The number of nitrogens with two attached hydrogens (primary N) is 1. The number of amides is 1. The number of nitrogens with zero attached hydrogens (tertiary/aromatic N) is 1. The molecule has 0 aromatic heterocycles. The summed E-state index contributed by atoms with van der Waals surface area (Å²) in [5.41, 5.74) is 6.87. The Labute approximate surface area is 132 Å². The Morgan fingerprint density at radius 2 is 2.24 bits per heavy atom. The Morgan fingerprint density at radius 3 is 2.95 bits per heavy atom. The summed E-state index contributed by atoms with van der Waals surface area (Å²) in [6.07, 6.45) is 1.57. The number of esters is 1. The molecule has 5 nitrogen and oxygen atoms in total. The molecule has 2 rings (SSSR count). The van der Waals surface area contributed by atoms with Crippen LogP contribution >= 0.6 is 15.9 Å². The van der Waals surface area contributed by atoms with E-state index in [0.717, 1.165) is 12.8 Å². The number of rotatable bonds is 3. The van der Waals surface area contributed by atoms with Crippen molar-refractivity contribution in [2.45, 2.75) is 19.8 Å². The first-order valence-corrected chi connectivity index (χ1v) is 7.83. The van der Waals surface area contributed by atoms with Gasteiger partial charge in [-0.05, 0) is 47.8 Å². The molecular weight excluding hydrogens is 336 g/mol. The Balaban J connectivity index is 2.12. The summed E-state index contributed by atoms with van der Waals surface area (Å²) in [4.78, 5) is 26.1. The number of carbonyl (C=O) groups is 2. The molecule has 0 bridgehead atoms. The molecule has 1 aliphatic heterocycles.